The minimum atomic E-state index is -0.0193. The third kappa shape index (κ3) is 2.76. The number of imidazole rings is 1. The van der Waals surface area contributed by atoms with Gasteiger partial charge in [-0.25, -0.2) is 9.97 Å². The third-order valence-corrected chi connectivity index (χ3v) is 6.03. The fourth-order valence-corrected chi connectivity index (χ4v) is 4.56. The van der Waals surface area contributed by atoms with Gasteiger partial charge in [0.15, 0.2) is 0 Å². The molecule has 4 nitrogen and oxygen atoms in total. The van der Waals surface area contributed by atoms with Crippen molar-refractivity contribution in [2.75, 3.05) is 0 Å². The lowest BCUT2D eigenvalue weighted by Gasteiger charge is -2.24. The molecule has 3 heterocycles. The van der Waals surface area contributed by atoms with Gasteiger partial charge in [0.2, 0.25) is 5.71 Å². The molecule has 156 valence electrons. The molecule has 0 amide bonds. The summed E-state index contributed by atoms with van der Waals surface area (Å²) in [5, 5.41) is 2.07. The monoisotopic (exact) mass is 417 g/mol. The second kappa shape index (κ2) is 6.79. The highest BCUT2D eigenvalue weighted by atomic mass is 16.3. The van der Waals surface area contributed by atoms with E-state index in [2.05, 4.69) is 97.1 Å². The van der Waals surface area contributed by atoms with E-state index in [0.29, 0.717) is 5.71 Å². The van der Waals surface area contributed by atoms with Gasteiger partial charge in [-0.05, 0) is 47.4 Å². The van der Waals surface area contributed by atoms with E-state index < -0.39 is 0 Å². The molecule has 4 heteroatoms. The molecule has 0 saturated carbocycles. The summed E-state index contributed by atoms with van der Waals surface area (Å²) in [6.45, 7) is 6.74. The largest absolute Gasteiger partial charge is 0.437 e. The molecule has 0 radical (unpaired) electrons. The molecule has 32 heavy (non-hydrogen) atoms. The summed E-state index contributed by atoms with van der Waals surface area (Å²) >= 11 is 0. The number of hydrogen-bond donors (Lipinski definition) is 0. The van der Waals surface area contributed by atoms with Gasteiger partial charge in [-0.2, -0.15) is 0 Å². The number of aromatic nitrogens is 3. The van der Waals surface area contributed by atoms with E-state index in [-0.39, 0.29) is 5.41 Å². The van der Waals surface area contributed by atoms with Crippen molar-refractivity contribution >= 4 is 33.1 Å². The maximum Gasteiger partial charge on any atom is 0.227 e. The van der Waals surface area contributed by atoms with Crippen molar-refractivity contribution in [3.8, 4) is 17.1 Å². The normalized spacial score (nSPS) is 12.2. The maximum absolute atomic E-state index is 6.26. The van der Waals surface area contributed by atoms with Crippen LogP contribution in [0.5, 0.6) is 0 Å². The van der Waals surface area contributed by atoms with Gasteiger partial charge in [0.25, 0.3) is 0 Å². The van der Waals surface area contributed by atoms with E-state index in [1.807, 2.05) is 12.1 Å². The van der Waals surface area contributed by atoms with Crippen molar-refractivity contribution in [1.82, 2.24) is 14.5 Å². The molecule has 0 spiro atoms. The lowest BCUT2D eigenvalue weighted by atomic mass is 9.85. The first-order valence-electron chi connectivity index (χ1n) is 10.9. The van der Waals surface area contributed by atoms with Crippen LogP contribution in [0, 0.1) is 0 Å². The molecule has 3 aromatic heterocycles. The molecule has 0 fully saturated rings. The number of para-hydroxylation sites is 4. The first-order valence-corrected chi connectivity index (χ1v) is 10.9. The Morgan fingerprint density at radius 2 is 1.56 bits per heavy atom. The molecule has 3 aromatic carbocycles. The number of hydrogen-bond acceptors (Lipinski definition) is 3. The number of nitrogens with zero attached hydrogens (tertiary/aromatic N) is 3. The Kier molecular flexibility index (Phi) is 3.99. The van der Waals surface area contributed by atoms with Gasteiger partial charge in [0.05, 0.1) is 22.3 Å². The molecule has 0 atom stereocenters. The van der Waals surface area contributed by atoms with Gasteiger partial charge in [-0.15, -0.1) is 0 Å². The molecular formula is C28H23N3O. The van der Waals surface area contributed by atoms with E-state index in [0.717, 1.165) is 44.5 Å². The minimum absolute atomic E-state index is 0.0193. The predicted octanol–water partition coefficient (Wildman–Crippen LogP) is 7.28. The zero-order valence-electron chi connectivity index (χ0n) is 18.3. The molecule has 0 saturated heterocycles. The topological polar surface area (TPSA) is 43.9 Å². The summed E-state index contributed by atoms with van der Waals surface area (Å²) in [7, 11) is 0. The van der Waals surface area contributed by atoms with Crippen LogP contribution in [0.25, 0.3) is 50.2 Å². The molecule has 6 aromatic rings. The molecule has 0 bridgehead atoms. The number of furan rings is 1. The van der Waals surface area contributed by atoms with E-state index in [1.165, 1.54) is 5.56 Å². The Bertz CT molecular complexity index is 1620. The molecule has 0 aliphatic carbocycles. The minimum Gasteiger partial charge on any atom is -0.437 e. The lowest BCUT2D eigenvalue weighted by molar-refractivity contribution is 0.587. The van der Waals surface area contributed by atoms with Crippen LogP contribution in [-0.2, 0) is 5.41 Å². The van der Waals surface area contributed by atoms with Crippen LogP contribution >= 0.6 is 0 Å². The Labute approximate surface area is 186 Å². The summed E-state index contributed by atoms with van der Waals surface area (Å²) in [5.41, 5.74) is 6.83. The average molecular weight is 418 g/mol. The number of benzene rings is 3. The highest BCUT2D eigenvalue weighted by molar-refractivity contribution is 6.08. The summed E-state index contributed by atoms with van der Waals surface area (Å²) < 4.78 is 8.53. The molecule has 6 rings (SSSR count). The van der Waals surface area contributed by atoms with Crippen molar-refractivity contribution in [2.45, 2.75) is 26.2 Å². The van der Waals surface area contributed by atoms with Crippen molar-refractivity contribution < 1.29 is 4.42 Å². The van der Waals surface area contributed by atoms with Crippen molar-refractivity contribution in [2.24, 2.45) is 0 Å². The van der Waals surface area contributed by atoms with Gasteiger partial charge >= 0.3 is 0 Å². The number of pyridine rings is 1. The molecule has 0 aliphatic rings. The van der Waals surface area contributed by atoms with Gasteiger partial charge in [0, 0.05) is 17.0 Å². The first-order chi connectivity index (χ1) is 15.5. The maximum atomic E-state index is 6.26. The number of fused-ring (bicyclic) bond motifs is 4. The fraction of sp³-hybridized carbons (Fsp3) is 0.143. The third-order valence-electron chi connectivity index (χ3n) is 6.03. The Morgan fingerprint density at radius 3 is 2.44 bits per heavy atom. The number of rotatable bonds is 2. The van der Waals surface area contributed by atoms with Crippen LogP contribution in [-0.4, -0.2) is 14.5 Å². The van der Waals surface area contributed by atoms with Crippen LogP contribution in [0.1, 0.15) is 26.3 Å². The Hall–Kier alpha value is -3.92. The second-order valence-electron chi connectivity index (χ2n) is 9.17. The van der Waals surface area contributed by atoms with Crippen molar-refractivity contribution in [3.63, 3.8) is 0 Å². The van der Waals surface area contributed by atoms with E-state index in [9.17, 15) is 0 Å². The lowest BCUT2D eigenvalue weighted by Crippen LogP contribution is -2.15. The van der Waals surface area contributed by atoms with Gasteiger partial charge in [-0.3, -0.25) is 4.57 Å². The van der Waals surface area contributed by atoms with Crippen LogP contribution in [0.3, 0.4) is 0 Å². The quantitative estimate of drug-likeness (QED) is 0.297. The highest BCUT2D eigenvalue weighted by Gasteiger charge is 2.24. The van der Waals surface area contributed by atoms with Gasteiger partial charge < -0.3 is 4.42 Å². The van der Waals surface area contributed by atoms with Crippen molar-refractivity contribution in [1.29, 1.82) is 0 Å². The smallest absolute Gasteiger partial charge is 0.227 e. The van der Waals surface area contributed by atoms with Gasteiger partial charge in [0.1, 0.15) is 11.4 Å². The summed E-state index contributed by atoms with van der Waals surface area (Å²) in [5.74, 6) is 0.868. The molecule has 0 unspecified atom stereocenters. The predicted molar refractivity (Wildman–Crippen MR) is 130 cm³/mol. The Balaban J connectivity index is 1.74. The summed E-state index contributed by atoms with van der Waals surface area (Å²) in [6.07, 6.45) is 1.76. The van der Waals surface area contributed by atoms with Crippen LogP contribution in [0.15, 0.2) is 89.5 Å². The molecular weight excluding hydrogens is 394 g/mol. The summed E-state index contributed by atoms with van der Waals surface area (Å²) in [6, 6.07) is 27.1. The average Bonchev–Trinajstić information content (AvgIpc) is 3.37. The fourth-order valence-electron chi connectivity index (χ4n) is 4.56. The van der Waals surface area contributed by atoms with Crippen LogP contribution in [0.2, 0.25) is 0 Å². The second-order valence-corrected chi connectivity index (χ2v) is 9.17. The van der Waals surface area contributed by atoms with Crippen LogP contribution < -0.4 is 0 Å². The van der Waals surface area contributed by atoms with Crippen molar-refractivity contribution in [3.05, 3.63) is 90.6 Å². The van der Waals surface area contributed by atoms with Gasteiger partial charge in [-0.1, -0.05) is 63.2 Å². The van der Waals surface area contributed by atoms with E-state index in [1.54, 1.807) is 6.20 Å². The molecule has 0 N–H and O–H groups in total. The Morgan fingerprint density at radius 1 is 0.781 bits per heavy atom. The van der Waals surface area contributed by atoms with Crippen LogP contribution in [0.4, 0.5) is 0 Å². The highest BCUT2D eigenvalue weighted by Crippen LogP contribution is 2.39. The molecule has 0 aliphatic heterocycles. The van der Waals surface area contributed by atoms with E-state index in [4.69, 9.17) is 9.40 Å². The zero-order valence-corrected chi connectivity index (χ0v) is 18.3. The zero-order chi connectivity index (χ0) is 21.9. The first kappa shape index (κ1) is 18.8. The SMILES string of the molecule is CC(C)(C)c1ccccc1-n1c(-c2cccc3c2oc2ncccc23)nc2ccccc21. The summed E-state index contributed by atoms with van der Waals surface area (Å²) in [4.78, 5) is 9.51. The van der Waals surface area contributed by atoms with E-state index >= 15 is 0 Å². The standard InChI is InChI=1S/C28H23N3O/c1-28(2,3)21-13-4-6-15-23(21)31-24-16-7-5-14-22(24)30-26(31)20-11-8-10-18-19-12-9-17-29-27(19)32-25(18)20/h4-17H,1-3H3.